The molecule has 0 bridgehead atoms. The maximum absolute atomic E-state index is 6.29. The van der Waals surface area contributed by atoms with E-state index >= 15 is 0 Å². The molecule has 5 heteroatoms. The Balaban J connectivity index is 1.09. The molecule has 0 amide bonds. The van der Waals surface area contributed by atoms with Gasteiger partial charge in [0.15, 0.2) is 17.5 Å². The van der Waals surface area contributed by atoms with Crippen LogP contribution < -0.4 is 0 Å². The average Bonchev–Trinajstić information content (AvgIpc) is 3.86. The van der Waals surface area contributed by atoms with Crippen molar-refractivity contribution in [2.45, 2.75) is 0 Å². The lowest BCUT2D eigenvalue weighted by molar-refractivity contribution is 0.669. The molecule has 0 saturated heterocycles. The summed E-state index contributed by atoms with van der Waals surface area (Å²) in [6.45, 7) is 0. The van der Waals surface area contributed by atoms with E-state index in [1.54, 1.807) is 0 Å². The van der Waals surface area contributed by atoms with Gasteiger partial charge in [0.25, 0.3) is 0 Å². The van der Waals surface area contributed by atoms with Crippen molar-refractivity contribution in [1.29, 1.82) is 0 Å². The number of aromatic nitrogens is 4. The molecule has 58 heavy (non-hydrogen) atoms. The van der Waals surface area contributed by atoms with Gasteiger partial charge in [-0.15, -0.1) is 0 Å². The lowest BCUT2D eigenvalue weighted by Crippen LogP contribution is -2.01. The first-order valence-electron chi connectivity index (χ1n) is 19.5. The molecule has 9 aromatic carbocycles. The summed E-state index contributed by atoms with van der Waals surface area (Å²) < 4.78 is 8.75. The predicted molar refractivity (Wildman–Crippen MR) is 238 cm³/mol. The Hall–Kier alpha value is -7.89. The van der Waals surface area contributed by atoms with Gasteiger partial charge in [0.2, 0.25) is 0 Å². The highest BCUT2D eigenvalue weighted by Gasteiger charge is 2.21. The summed E-state index contributed by atoms with van der Waals surface area (Å²) in [5.41, 5.74) is 9.94. The minimum atomic E-state index is 0.591. The maximum Gasteiger partial charge on any atom is 0.164 e. The van der Waals surface area contributed by atoms with Gasteiger partial charge in [-0.3, -0.25) is 0 Å². The van der Waals surface area contributed by atoms with Crippen LogP contribution in [0.25, 0.3) is 116 Å². The highest BCUT2D eigenvalue weighted by atomic mass is 16.3. The van der Waals surface area contributed by atoms with E-state index in [1.165, 1.54) is 43.4 Å². The number of rotatable bonds is 5. The van der Waals surface area contributed by atoms with Gasteiger partial charge in [-0.25, -0.2) is 15.0 Å². The Kier molecular flexibility index (Phi) is 7.16. The van der Waals surface area contributed by atoms with Crippen LogP contribution in [0.5, 0.6) is 0 Å². The lowest BCUT2D eigenvalue weighted by Gasteiger charge is -2.15. The quantitative estimate of drug-likeness (QED) is 0.176. The molecule has 12 aromatic rings. The number of para-hydroxylation sites is 1. The summed E-state index contributed by atoms with van der Waals surface area (Å²) in [4.78, 5) is 15.6. The number of hydrogen-bond donors (Lipinski definition) is 0. The highest BCUT2D eigenvalue weighted by Crippen LogP contribution is 2.42. The number of hydrogen-bond acceptors (Lipinski definition) is 4. The third-order valence-corrected chi connectivity index (χ3v) is 11.4. The zero-order valence-electron chi connectivity index (χ0n) is 31.2. The summed E-state index contributed by atoms with van der Waals surface area (Å²) in [5, 5.41) is 9.34. The fourth-order valence-corrected chi connectivity index (χ4v) is 8.83. The Bertz CT molecular complexity index is 3490. The second kappa shape index (κ2) is 12.8. The molecule has 0 aliphatic carbocycles. The van der Waals surface area contributed by atoms with Gasteiger partial charge in [-0.2, -0.15) is 0 Å². The van der Waals surface area contributed by atoms with E-state index in [4.69, 9.17) is 19.4 Å². The molecule has 0 saturated carbocycles. The summed E-state index contributed by atoms with van der Waals surface area (Å²) in [6.07, 6.45) is 0. The van der Waals surface area contributed by atoms with Crippen molar-refractivity contribution in [2.75, 3.05) is 0 Å². The maximum atomic E-state index is 6.29. The Morgan fingerprint density at radius 3 is 1.62 bits per heavy atom. The molecule has 0 aliphatic rings. The van der Waals surface area contributed by atoms with Crippen LogP contribution in [0, 0.1) is 0 Å². The van der Waals surface area contributed by atoms with Crippen molar-refractivity contribution in [1.82, 2.24) is 19.5 Å². The molecule has 12 rings (SSSR count). The first-order valence-corrected chi connectivity index (χ1v) is 19.5. The Morgan fingerprint density at radius 1 is 0.345 bits per heavy atom. The molecule has 270 valence electrons. The van der Waals surface area contributed by atoms with Crippen molar-refractivity contribution in [3.05, 3.63) is 194 Å². The second-order valence-corrected chi connectivity index (χ2v) is 14.7. The van der Waals surface area contributed by atoms with Gasteiger partial charge in [0.1, 0.15) is 11.2 Å². The van der Waals surface area contributed by atoms with Crippen LogP contribution in [0.3, 0.4) is 0 Å². The van der Waals surface area contributed by atoms with Crippen LogP contribution in [-0.2, 0) is 0 Å². The third-order valence-electron chi connectivity index (χ3n) is 11.4. The molecule has 3 aromatic heterocycles. The summed E-state index contributed by atoms with van der Waals surface area (Å²) >= 11 is 0. The summed E-state index contributed by atoms with van der Waals surface area (Å²) in [5.74, 6) is 1.80. The molecular weight excluding hydrogens is 709 g/mol. The number of benzene rings is 9. The first-order chi connectivity index (χ1) is 28.8. The topological polar surface area (TPSA) is 56.7 Å². The van der Waals surface area contributed by atoms with Gasteiger partial charge in [0, 0.05) is 54.7 Å². The zero-order chi connectivity index (χ0) is 38.2. The van der Waals surface area contributed by atoms with E-state index < -0.39 is 0 Å². The lowest BCUT2D eigenvalue weighted by atomic mass is 9.98. The summed E-state index contributed by atoms with van der Waals surface area (Å²) in [7, 11) is 0. The number of nitrogens with zero attached hydrogens (tertiary/aromatic N) is 4. The van der Waals surface area contributed by atoms with Crippen LogP contribution in [0.1, 0.15) is 0 Å². The van der Waals surface area contributed by atoms with Crippen LogP contribution in [0.2, 0.25) is 0 Å². The van der Waals surface area contributed by atoms with Gasteiger partial charge >= 0.3 is 0 Å². The molecular formula is C53H32N4O. The molecule has 0 fully saturated rings. The molecule has 5 nitrogen and oxygen atoms in total. The molecule has 0 radical (unpaired) electrons. The fraction of sp³-hybridized carbons (Fsp3) is 0. The van der Waals surface area contributed by atoms with E-state index in [0.29, 0.717) is 17.5 Å². The summed E-state index contributed by atoms with van der Waals surface area (Å²) in [6, 6.07) is 68.1. The average molecular weight is 741 g/mol. The Labute approximate surface area is 333 Å². The van der Waals surface area contributed by atoms with Gasteiger partial charge in [-0.05, 0) is 46.2 Å². The van der Waals surface area contributed by atoms with Crippen LogP contribution in [-0.4, -0.2) is 19.5 Å². The van der Waals surface area contributed by atoms with E-state index in [9.17, 15) is 0 Å². The fourth-order valence-electron chi connectivity index (χ4n) is 8.83. The van der Waals surface area contributed by atoms with E-state index in [1.807, 2.05) is 60.7 Å². The van der Waals surface area contributed by atoms with Gasteiger partial charge < -0.3 is 8.98 Å². The second-order valence-electron chi connectivity index (χ2n) is 14.7. The van der Waals surface area contributed by atoms with Crippen molar-refractivity contribution < 1.29 is 4.42 Å². The zero-order valence-corrected chi connectivity index (χ0v) is 31.2. The van der Waals surface area contributed by atoms with E-state index in [-0.39, 0.29) is 0 Å². The minimum Gasteiger partial charge on any atom is -0.456 e. The van der Waals surface area contributed by atoms with Gasteiger partial charge in [-0.1, -0.05) is 170 Å². The number of fused-ring (bicyclic) bond motifs is 10. The minimum absolute atomic E-state index is 0.591. The van der Waals surface area contributed by atoms with Crippen molar-refractivity contribution >= 4 is 65.3 Å². The monoisotopic (exact) mass is 740 g/mol. The molecule has 3 heterocycles. The predicted octanol–water partition coefficient (Wildman–Crippen LogP) is 13.8. The van der Waals surface area contributed by atoms with Crippen LogP contribution >= 0.6 is 0 Å². The van der Waals surface area contributed by atoms with E-state index in [0.717, 1.165) is 55.4 Å². The third kappa shape index (κ3) is 5.00. The molecule has 0 unspecified atom stereocenters. The SMILES string of the molecule is c1ccc(-c2nc(-c3ccccc3-c3cccc(-n4c5c6ccccc6ccc5c5ccc6ccccc6c54)c3)nc(-c3cccc4oc5ccccc5c34)n2)cc1. The van der Waals surface area contributed by atoms with Crippen LogP contribution in [0.4, 0.5) is 0 Å². The normalized spacial score (nSPS) is 11.8. The van der Waals surface area contributed by atoms with Crippen molar-refractivity contribution in [3.8, 4) is 51.0 Å². The highest BCUT2D eigenvalue weighted by molar-refractivity contribution is 6.24. The first kappa shape index (κ1) is 32.4. The largest absolute Gasteiger partial charge is 0.456 e. The van der Waals surface area contributed by atoms with E-state index in [2.05, 4.69) is 138 Å². The van der Waals surface area contributed by atoms with Gasteiger partial charge in [0.05, 0.1) is 11.0 Å². The molecule has 0 spiro atoms. The smallest absolute Gasteiger partial charge is 0.164 e. The standard InChI is InChI=1S/C53H32N4O/c1-2-16-35(17-3-1)51-54-52(56-53(55-51)45-25-13-27-47-48(45)44-24-10-11-26-46(44)58-47)43-23-9-8-20-38(43)36-18-12-19-37(32-36)57-49-39-21-6-4-14-33(39)28-30-41(49)42-31-29-34-15-5-7-22-40(34)50(42)57/h1-32H. The molecule has 0 atom stereocenters. The molecule has 0 N–H and O–H groups in total. The van der Waals surface area contributed by atoms with Crippen LogP contribution in [0.15, 0.2) is 199 Å². The Morgan fingerprint density at radius 2 is 0.879 bits per heavy atom. The van der Waals surface area contributed by atoms with Crippen molar-refractivity contribution in [2.24, 2.45) is 0 Å². The van der Waals surface area contributed by atoms with Crippen molar-refractivity contribution in [3.63, 3.8) is 0 Å². The molecule has 0 aliphatic heterocycles. The number of furan rings is 1.